The lowest BCUT2D eigenvalue weighted by molar-refractivity contribution is -0.160. The fraction of sp³-hybridized carbons (Fsp3) is 0.846. The third-order valence-corrected chi connectivity index (χ3v) is 10.1. The summed E-state index contributed by atoms with van der Waals surface area (Å²) in [6, 6.07) is 0. The van der Waals surface area contributed by atoms with Crippen LogP contribution in [-0.4, -0.2) is 47.6 Å². The van der Waals surface area contributed by atoms with Crippen molar-refractivity contribution in [2.45, 2.75) is 78.2 Å². The largest absolute Gasteiger partial charge is 0.462 e. The normalized spacial score (nSPS) is 42.2. The van der Waals surface area contributed by atoms with Crippen LogP contribution in [0, 0.1) is 34.5 Å². The highest BCUT2D eigenvalue weighted by molar-refractivity contribution is 6.18. The van der Waals surface area contributed by atoms with Gasteiger partial charge in [-0.25, -0.2) is 0 Å². The maximum absolute atomic E-state index is 13.1. The number of esters is 1. The van der Waals surface area contributed by atoms with Crippen LogP contribution in [0.3, 0.4) is 0 Å². The van der Waals surface area contributed by atoms with Crippen LogP contribution in [0.15, 0.2) is 11.8 Å². The van der Waals surface area contributed by atoms with Crippen molar-refractivity contribution in [3.05, 3.63) is 11.8 Å². The van der Waals surface area contributed by atoms with Crippen LogP contribution >= 0.6 is 23.2 Å². The van der Waals surface area contributed by atoms with Gasteiger partial charge in [-0.15, -0.1) is 23.2 Å². The third kappa shape index (κ3) is 4.24. The van der Waals surface area contributed by atoms with Crippen LogP contribution in [0.2, 0.25) is 0 Å². The highest BCUT2D eigenvalue weighted by Crippen LogP contribution is 2.66. The third-order valence-electron chi connectivity index (χ3n) is 9.73. The van der Waals surface area contributed by atoms with Crippen molar-refractivity contribution in [2.75, 3.05) is 24.8 Å². The first-order valence-electron chi connectivity index (χ1n) is 12.5. The average Bonchev–Trinajstić information content (AvgIpc) is 3.05. The quantitative estimate of drug-likeness (QED) is 0.272. The van der Waals surface area contributed by atoms with Crippen LogP contribution < -0.4 is 0 Å². The molecule has 7 atom stereocenters. The number of hydrogen-bond donors (Lipinski definition) is 0. The minimum Gasteiger partial charge on any atom is -0.462 e. The number of rotatable bonds is 6. The molecule has 0 saturated heterocycles. The van der Waals surface area contributed by atoms with Crippen molar-refractivity contribution in [3.8, 4) is 0 Å². The number of carbonyl (C=O) groups excluding carboxylic acids is 2. The Bertz CT molecular complexity index is 764. The standard InChI is InChI=1S/C26H39Cl2NO3/c1-17(30)32-24-7-6-21-20-5-4-19-14-23(31)18(16-29(12-10-27)13-11-28)15-26(19,3)22(20)8-9-25(21,24)2/h16,19-22,24H,4-15H2,1-3H3/b18-16-/t19-,20-,21-,22-,24-,25-,26-/m0/s1. The van der Waals surface area contributed by atoms with Crippen molar-refractivity contribution >= 4 is 35.0 Å². The van der Waals surface area contributed by atoms with Crippen molar-refractivity contribution in [3.63, 3.8) is 0 Å². The van der Waals surface area contributed by atoms with Crippen molar-refractivity contribution in [1.82, 2.24) is 4.90 Å². The van der Waals surface area contributed by atoms with E-state index in [0.717, 1.165) is 50.8 Å². The minimum absolute atomic E-state index is 0.0690. The number of halogens is 2. The minimum atomic E-state index is -0.145. The summed E-state index contributed by atoms with van der Waals surface area (Å²) in [6.45, 7) is 7.81. The van der Waals surface area contributed by atoms with Gasteiger partial charge in [0.15, 0.2) is 5.78 Å². The summed E-state index contributed by atoms with van der Waals surface area (Å²) >= 11 is 12.0. The molecule has 4 aliphatic carbocycles. The van der Waals surface area contributed by atoms with Gasteiger partial charge < -0.3 is 9.64 Å². The first-order valence-corrected chi connectivity index (χ1v) is 13.6. The Morgan fingerprint density at radius 1 is 1.06 bits per heavy atom. The molecule has 4 saturated carbocycles. The summed E-state index contributed by atoms with van der Waals surface area (Å²) in [5.41, 5.74) is 1.24. The summed E-state index contributed by atoms with van der Waals surface area (Å²) in [5, 5.41) is 0. The summed E-state index contributed by atoms with van der Waals surface area (Å²) in [5.74, 6) is 3.65. The predicted molar refractivity (Wildman–Crippen MR) is 129 cm³/mol. The van der Waals surface area contributed by atoms with E-state index in [-0.39, 0.29) is 22.9 Å². The van der Waals surface area contributed by atoms with Crippen molar-refractivity contribution in [2.24, 2.45) is 34.5 Å². The average molecular weight is 485 g/mol. The number of hydrogen-bond acceptors (Lipinski definition) is 4. The Balaban J connectivity index is 1.57. The molecule has 0 aromatic carbocycles. The second-order valence-electron chi connectivity index (χ2n) is 11.2. The highest BCUT2D eigenvalue weighted by atomic mass is 35.5. The van der Waals surface area contributed by atoms with Gasteiger partial charge in [-0.1, -0.05) is 13.8 Å². The number of alkyl halides is 2. The topological polar surface area (TPSA) is 46.6 Å². The molecule has 32 heavy (non-hydrogen) atoms. The lowest BCUT2D eigenvalue weighted by atomic mass is 9.45. The molecule has 4 fully saturated rings. The second-order valence-corrected chi connectivity index (χ2v) is 12.0. The molecule has 0 unspecified atom stereocenters. The molecule has 4 aliphatic rings. The first-order chi connectivity index (χ1) is 15.2. The summed E-state index contributed by atoms with van der Waals surface area (Å²) in [7, 11) is 0. The van der Waals surface area contributed by atoms with Gasteiger partial charge >= 0.3 is 5.97 Å². The fourth-order valence-corrected chi connectivity index (χ4v) is 8.59. The van der Waals surface area contributed by atoms with Gasteiger partial charge in [0.1, 0.15) is 6.10 Å². The smallest absolute Gasteiger partial charge is 0.302 e. The van der Waals surface area contributed by atoms with E-state index in [1.54, 1.807) is 6.92 Å². The van der Waals surface area contributed by atoms with Crippen LogP contribution in [0.1, 0.15) is 72.1 Å². The lowest BCUT2D eigenvalue weighted by Gasteiger charge is -2.60. The fourth-order valence-electron chi connectivity index (χ4n) is 8.15. The van der Waals surface area contributed by atoms with Crippen LogP contribution in [-0.2, 0) is 14.3 Å². The van der Waals surface area contributed by atoms with E-state index >= 15 is 0 Å². The maximum Gasteiger partial charge on any atom is 0.302 e. The van der Waals surface area contributed by atoms with Gasteiger partial charge in [-0.05, 0) is 74.0 Å². The second kappa shape index (κ2) is 9.49. The lowest BCUT2D eigenvalue weighted by Crippen LogP contribution is -2.54. The Hall–Kier alpha value is -0.740. The van der Waals surface area contributed by atoms with E-state index in [0.29, 0.717) is 47.6 Å². The molecule has 4 nitrogen and oxygen atoms in total. The Morgan fingerprint density at radius 3 is 2.41 bits per heavy atom. The Labute approximate surface area is 203 Å². The van der Waals surface area contributed by atoms with Gasteiger partial charge in [0.25, 0.3) is 0 Å². The van der Waals surface area contributed by atoms with E-state index < -0.39 is 0 Å². The van der Waals surface area contributed by atoms with Crippen LogP contribution in [0.4, 0.5) is 0 Å². The summed E-state index contributed by atoms with van der Waals surface area (Å²) in [4.78, 5) is 26.9. The highest BCUT2D eigenvalue weighted by Gasteiger charge is 2.61. The van der Waals surface area contributed by atoms with E-state index in [4.69, 9.17) is 27.9 Å². The molecule has 4 rings (SSSR count). The molecule has 0 radical (unpaired) electrons. The zero-order valence-corrected chi connectivity index (χ0v) is 21.4. The zero-order valence-electron chi connectivity index (χ0n) is 19.9. The maximum atomic E-state index is 13.1. The number of carbonyl (C=O) groups is 2. The summed E-state index contributed by atoms with van der Waals surface area (Å²) in [6.07, 6.45) is 10.5. The van der Waals surface area contributed by atoms with E-state index in [1.165, 1.54) is 12.8 Å². The molecular weight excluding hydrogens is 445 g/mol. The van der Waals surface area contributed by atoms with E-state index in [9.17, 15) is 9.59 Å². The summed E-state index contributed by atoms with van der Waals surface area (Å²) < 4.78 is 5.80. The van der Waals surface area contributed by atoms with Crippen LogP contribution in [0.25, 0.3) is 0 Å². The molecule has 0 aliphatic heterocycles. The molecule has 0 amide bonds. The van der Waals surface area contributed by atoms with Gasteiger partial charge in [0.05, 0.1) is 0 Å². The van der Waals surface area contributed by atoms with E-state index in [1.807, 2.05) is 0 Å². The number of fused-ring (bicyclic) bond motifs is 5. The predicted octanol–water partition coefficient (Wildman–Crippen LogP) is 5.80. The molecule has 0 bridgehead atoms. The monoisotopic (exact) mass is 483 g/mol. The number of ketones is 1. The molecule has 0 heterocycles. The molecular formula is C26H39Cl2NO3. The van der Waals surface area contributed by atoms with E-state index in [2.05, 4.69) is 24.9 Å². The number of Topliss-reactive ketones (excluding diaryl/α,β-unsaturated/α-hetero) is 1. The molecule has 0 aromatic heterocycles. The Kier molecular flexibility index (Phi) is 7.23. The number of ether oxygens (including phenoxy) is 1. The first kappa shape index (κ1) is 24.4. The van der Waals surface area contributed by atoms with Gasteiger partial charge in [0.2, 0.25) is 0 Å². The molecule has 0 spiro atoms. The Morgan fingerprint density at radius 2 is 1.75 bits per heavy atom. The van der Waals surface area contributed by atoms with Gasteiger partial charge in [-0.2, -0.15) is 0 Å². The molecule has 0 N–H and O–H groups in total. The molecule has 0 aromatic rings. The zero-order chi connectivity index (χ0) is 23.1. The molecule has 180 valence electrons. The van der Waals surface area contributed by atoms with Crippen molar-refractivity contribution < 1.29 is 14.3 Å². The number of nitrogens with zero attached hydrogens (tertiary/aromatic N) is 1. The van der Waals surface area contributed by atoms with Gasteiger partial charge in [-0.3, -0.25) is 9.59 Å². The molecule has 6 heteroatoms. The number of allylic oxidation sites excluding steroid dienone is 1. The SMILES string of the molecule is CC(=O)O[C@H]1CC[C@H]2[C@@H]3CC[C@H]4CC(=O)/C(=C\N(CCCl)CCCl)C[C@]4(C)[C@H]3CC[C@]12C. The van der Waals surface area contributed by atoms with Crippen LogP contribution in [0.5, 0.6) is 0 Å². The van der Waals surface area contributed by atoms with Gasteiger partial charge in [0, 0.05) is 55.4 Å². The van der Waals surface area contributed by atoms with Crippen molar-refractivity contribution in [1.29, 1.82) is 0 Å².